The van der Waals surface area contributed by atoms with Gasteiger partial charge in [-0.3, -0.25) is 10.1 Å². The summed E-state index contributed by atoms with van der Waals surface area (Å²) < 4.78 is 5.72. The van der Waals surface area contributed by atoms with E-state index in [1.807, 2.05) is 25.1 Å². The number of fused-ring (bicyclic) bond motifs is 1. The van der Waals surface area contributed by atoms with Crippen molar-refractivity contribution in [1.82, 2.24) is 10.3 Å². The van der Waals surface area contributed by atoms with Crippen molar-refractivity contribution in [2.45, 2.75) is 13.8 Å². The predicted molar refractivity (Wildman–Crippen MR) is 78.0 cm³/mol. The molecule has 0 aliphatic heterocycles. The van der Waals surface area contributed by atoms with Gasteiger partial charge in [-0.1, -0.05) is 23.5 Å². The van der Waals surface area contributed by atoms with Crippen LogP contribution in [0, 0.1) is 6.92 Å². The first-order valence-electron chi connectivity index (χ1n) is 6.16. The lowest BCUT2D eigenvalue weighted by Crippen LogP contribution is -2.34. The number of ether oxygens (including phenoxy) is 1. The Morgan fingerprint density at radius 1 is 1.40 bits per heavy atom. The summed E-state index contributed by atoms with van der Waals surface area (Å²) in [7, 11) is 0. The van der Waals surface area contributed by atoms with Crippen LogP contribution in [-0.2, 0) is 9.53 Å². The van der Waals surface area contributed by atoms with Crippen molar-refractivity contribution >= 4 is 38.7 Å². The fourth-order valence-corrected chi connectivity index (χ4v) is 2.58. The summed E-state index contributed by atoms with van der Waals surface area (Å²) in [5.41, 5.74) is 1.93. The van der Waals surface area contributed by atoms with E-state index in [4.69, 9.17) is 4.74 Å². The number of benzene rings is 1. The third kappa shape index (κ3) is 3.45. The largest absolute Gasteiger partial charge is 0.465 e. The Kier molecular flexibility index (Phi) is 4.52. The molecule has 7 heteroatoms. The summed E-state index contributed by atoms with van der Waals surface area (Å²) >= 11 is 1.39. The highest BCUT2D eigenvalue weighted by Gasteiger charge is 2.10. The van der Waals surface area contributed by atoms with Crippen LogP contribution < -0.4 is 10.6 Å². The first kappa shape index (κ1) is 14.3. The van der Waals surface area contributed by atoms with Crippen molar-refractivity contribution in [1.29, 1.82) is 0 Å². The number of nitrogens with zero attached hydrogens (tertiary/aromatic N) is 1. The van der Waals surface area contributed by atoms with E-state index in [1.165, 1.54) is 11.3 Å². The molecule has 2 N–H and O–H groups in total. The van der Waals surface area contributed by atoms with Gasteiger partial charge in [0.15, 0.2) is 5.13 Å². The lowest BCUT2D eigenvalue weighted by molar-refractivity contribution is -0.141. The van der Waals surface area contributed by atoms with Crippen LogP contribution in [0.5, 0.6) is 0 Å². The number of nitrogens with one attached hydrogen (secondary N) is 2. The van der Waals surface area contributed by atoms with Gasteiger partial charge in [0, 0.05) is 0 Å². The van der Waals surface area contributed by atoms with E-state index in [1.54, 1.807) is 6.92 Å². The molecule has 20 heavy (non-hydrogen) atoms. The van der Waals surface area contributed by atoms with Gasteiger partial charge in [0.1, 0.15) is 6.54 Å². The van der Waals surface area contributed by atoms with Crippen molar-refractivity contribution in [3.8, 4) is 0 Å². The quantitative estimate of drug-likeness (QED) is 0.848. The number of carbonyl (C=O) groups is 2. The second kappa shape index (κ2) is 6.33. The smallest absolute Gasteiger partial charge is 0.325 e. The molecule has 1 heterocycles. The number of urea groups is 1. The number of aryl methyl sites for hydroxylation is 1. The van der Waals surface area contributed by atoms with E-state index < -0.39 is 12.0 Å². The number of hydrogen-bond acceptors (Lipinski definition) is 5. The number of rotatable bonds is 4. The third-order valence-corrected chi connectivity index (χ3v) is 3.48. The molecule has 2 rings (SSSR count). The molecular formula is C13H15N3O3S. The SMILES string of the molecule is CCOC(=O)CNC(=O)Nc1nc2c(C)cccc2s1. The molecule has 106 valence electrons. The Morgan fingerprint density at radius 3 is 2.90 bits per heavy atom. The molecular weight excluding hydrogens is 278 g/mol. The minimum atomic E-state index is -0.477. The van der Waals surface area contributed by atoms with Crippen LogP contribution in [0.3, 0.4) is 0 Å². The molecule has 0 aliphatic rings. The Morgan fingerprint density at radius 2 is 2.20 bits per heavy atom. The average molecular weight is 293 g/mol. The molecule has 2 aromatic rings. The molecule has 0 atom stereocenters. The maximum Gasteiger partial charge on any atom is 0.325 e. The number of thiazole rings is 1. The van der Waals surface area contributed by atoms with E-state index >= 15 is 0 Å². The zero-order chi connectivity index (χ0) is 14.5. The van der Waals surface area contributed by atoms with Crippen LogP contribution in [0.15, 0.2) is 18.2 Å². The predicted octanol–water partition coefficient (Wildman–Crippen LogP) is 2.29. The van der Waals surface area contributed by atoms with Gasteiger partial charge in [-0.25, -0.2) is 9.78 Å². The van der Waals surface area contributed by atoms with Gasteiger partial charge < -0.3 is 10.1 Å². The highest BCUT2D eigenvalue weighted by molar-refractivity contribution is 7.22. The van der Waals surface area contributed by atoms with E-state index in [-0.39, 0.29) is 6.54 Å². The van der Waals surface area contributed by atoms with Gasteiger partial charge >= 0.3 is 12.0 Å². The molecule has 0 unspecified atom stereocenters. The van der Waals surface area contributed by atoms with Crippen LogP contribution in [-0.4, -0.2) is 30.1 Å². The molecule has 0 bridgehead atoms. The van der Waals surface area contributed by atoms with Gasteiger partial charge in [0.05, 0.1) is 16.8 Å². The average Bonchev–Trinajstić information content (AvgIpc) is 2.81. The topological polar surface area (TPSA) is 80.3 Å². The van der Waals surface area contributed by atoms with E-state index in [0.29, 0.717) is 11.7 Å². The summed E-state index contributed by atoms with van der Waals surface area (Å²) in [6, 6.07) is 5.38. The maximum atomic E-state index is 11.6. The second-order valence-electron chi connectivity index (χ2n) is 4.05. The number of carbonyl (C=O) groups excluding carboxylic acids is 2. The van der Waals surface area contributed by atoms with Crippen molar-refractivity contribution < 1.29 is 14.3 Å². The molecule has 0 aliphatic carbocycles. The number of amides is 2. The Hall–Kier alpha value is -2.15. The number of aromatic nitrogens is 1. The maximum absolute atomic E-state index is 11.6. The van der Waals surface area contributed by atoms with Crippen molar-refractivity contribution in [2.24, 2.45) is 0 Å². The molecule has 0 saturated carbocycles. The molecule has 1 aromatic carbocycles. The van der Waals surface area contributed by atoms with Gasteiger partial charge in [-0.05, 0) is 25.5 Å². The first-order chi connectivity index (χ1) is 9.60. The lowest BCUT2D eigenvalue weighted by Gasteiger charge is -2.04. The van der Waals surface area contributed by atoms with E-state index in [2.05, 4.69) is 15.6 Å². The molecule has 2 amide bonds. The molecule has 0 saturated heterocycles. The monoisotopic (exact) mass is 293 g/mol. The van der Waals surface area contributed by atoms with Gasteiger partial charge in [0.25, 0.3) is 0 Å². The van der Waals surface area contributed by atoms with Crippen LogP contribution in [0.1, 0.15) is 12.5 Å². The third-order valence-electron chi connectivity index (χ3n) is 2.54. The Bertz CT molecular complexity index is 639. The molecule has 0 fully saturated rings. The number of para-hydroxylation sites is 1. The zero-order valence-corrected chi connectivity index (χ0v) is 12.0. The first-order valence-corrected chi connectivity index (χ1v) is 6.98. The van der Waals surface area contributed by atoms with Crippen LogP contribution >= 0.6 is 11.3 Å². The van der Waals surface area contributed by atoms with Crippen LogP contribution in [0.2, 0.25) is 0 Å². The van der Waals surface area contributed by atoms with Crippen LogP contribution in [0.25, 0.3) is 10.2 Å². The number of anilines is 1. The number of hydrogen-bond donors (Lipinski definition) is 2. The lowest BCUT2D eigenvalue weighted by atomic mass is 10.2. The highest BCUT2D eigenvalue weighted by atomic mass is 32.1. The molecule has 1 aromatic heterocycles. The van der Waals surface area contributed by atoms with Crippen molar-refractivity contribution in [3.63, 3.8) is 0 Å². The Labute approximate surface area is 120 Å². The van der Waals surface area contributed by atoms with Gasteiger partial charge in [-0.15, -0.1) is 0 Å². The highest BCUT2D eigenvalue weighted by Crippen LogP contribution is 2.27. The Balaban J connectivity index is 1.96. The summed E-state index contributed by atoms with van der Waals surface area (Å²) in [4.78, 5) is 27.1. The fraction of sp³-hybridized carbons (Fsp3) is 0.308. The summed E-state index contributed by atoms with van der Waals surface area (Å²) in [5, 5.41) is 5.52. The minimum Gasteiger partial charge on any atom is -0.465 e. The zero-order valence-electron chi connectivity index (χ0n) is 11.2. The van der Waals surface area contributed by atoms with Gasteiger partial charge in [-0.2, -0.15) is 0 Å². The summed E-state index contributed by atoms with van der Waals surface area (Å²) in [6.45, 7) is 3.80. The van der Waals surface area contributed by atoms with Crippen LogP contribution in [0.4, 0.5) is 9.93 Å². The number of esters is 1. The van der Waals surface area contributed by atoms with E-state index in [0.717, 1.165) is 15.8 Å². The van der Waals surface area contributed by atoms with Crippen molar-refractivity contribution in [3.05, 3.63) is 23.8 Å². The standard InChI is InChI=1S/C13H15N3O3S/c1-3-19-10(17)7-14-12(18)16-13-15-11-8(2)5-4-6-9(11)20-13/h4-6H,3,7H2,1-2H3,(H2,14,15,16,18). The molecule has 6 nitrogen and oxygen atoms in total. The second-order valence-corrected chi connectivity index (χ2v) is 5.08. The normalized spacial score (nSPS) is 10.3. The fourth-order valence-electron chi connectivity index (χ4n) is 1.65. The van der Waals surface area contributed by atoms with E-state index in [9.17, 15) is 9.59 Å². The molecule has 0 radical (unpaired) electrons. The van der Waals surface area contributed by atoms with Gasteiger partial charge in [0.2, 0.25) is 0 Å². The summed E-state index contributed by atoms with van der Waals surface area (Å²) in [6.07, 6.45) is 0. The minimum absolute atomic E-state index is 0.163. The van der Waals surface area contributed by atoms with Crippen molar-refractivity contribution in [2.75, 3.05) is 18.5 Å². The molecule has 0 spiro atoms. The summed E-state index contributed by atoms with van der Waals surface area (Å²) in [5.74, 6) is -0.470.